The number of hydrogen-bond acceptors (Lipinski definition) is 5. The van der Waals surface area contributed by atoms with Crippen LogP contribution >= 0.6 is 0 Å². The first-order chi connectivity index (χ1) is 12.0. The first kappa shape index (κ1) is 16.9. The van der Waals surface area contributed by atoms with Gasteiger partial charge in [-0.05, 0) is 43.2 Å². The average Bonchev–Trinajstić information content (AvgIpc) is 2.90. The van der Waals surface area contributed by atoms with Gasteiger partial charge in [0.25, 0.3) is 0 Å². The lowest BCUT2D eigenvalue weighted by Gasteiger charge is -2.09. The first-order valence-corrected chi connectivity index (χ1v) is 7.84. The Morgan fingerprint density at radius 2 is 1.92 bits per heavy atom. The van der Waals surface area contributed by atoms with Gasteiger partial charge in [-0.15, -0.1) is 0 Å². The molecule has 5 heteroatoms. The number of hydrogen-bond donors (Lipinski definition) is 0. The van der Waals surface area contributed by atoms with Crippen LogP contribution in [0.15, 0.2) is 42.2 Å². The Morgan fingerprint density at radius 3 is 2.64 bits per heavy atom. The third-order valence-electron chi connectivity index (χ3n) is 4.00. The van der Waals surface area contributed by atoms with Crippen molar-refractivity contribution in [1.29, 1.82) is 0 Å². The van der Waals surface area contributed by atoms with E-state index in [-0.39, 0.29) is 18.1 Å². The smallest absolute Gasteiger partial charge is 0.337 e. The molecule has 0 saturated heterocycles. The molecule has 2 aromatic carbocycles. The number of benzene rings is 2. The lowest BCUT2D eigenvalue weighted by atomic mass is 10.0. The second-order valence-electron chi connectivity index (χ2n) is 5.77. The summed E-state index contributed by atoms with van der Waals surface area (Å²) in [6, 6.07) is 10.9. The van der Waals surface area contributed by atoms with E-state index in [9.17, 15) is 9.59 Å². The van der Waals surface area contributed by atoms with Gasteiger partial charge in [0, 0.05) is 12.7 Å². The molecule has 5 nitrogen and oxygen atoms in total. The normalized spacial score (nSPS) is 14.4. The number of carbonyl (C=O) groups is 2. The fourth-order valence-corrected chi connectivity index (χ4v) is 2.64. The van der Waals surface area contributed by atoms with Crippen molar-refractivity contribution in [2.24, 2.45) is 0 Å². The van der Waals surface area contributed by atoms with Crippen LogP contribution in [0.5, 0.6) is 11.5 Å². The van der Waals surface area contributed by atoms with Gasteiger partial charge in [-0.25, -0.2) is 4.79 Å². The molecule has 0 saturated carbocycles. The highest BCUT2D eigenvalue weighted by Crippen LogP contribution is 2.39. The van der Waals surface area contributed by atoms with Gasteiger partial charge in [0.1, 0.15) is 18.1 Å². The summed E-state index contributed by atoms with van der Waals surface area (Å²) in [7, 11) is 1.42. The number of esters is 1. The summed E-state index contributed by atoms with van der Waals surface area (Å²) in [4.78, 5) is 24.2. The summed E-state index contributed by atoms with van der Waals surface area (Å²) in [5.74, 6) is 0.340. The molecular weight excluding hydrogens is 320 g/mol. The predicted octanol–water partition coefficient (Wildman–Crippen LogP) is 3.47. The Hall–Kier alpha value is -2.92. The zero-order chi connectivity index (χ0) is 18.0. The SMILES string of the molecule is COCC(=O)Oc1ccc2c(c1C)O/C(=C\c1ccccc1C)C2=O. The maximum Gasteiger partial charge on any atom is 0.337 e. The highest BCUT2D eigenvalue weighted by molar-refractivity contribution is 6.15. The number of rotatable bonds is 4. The molecule has 1 aliphatic heterocycles. The summed E-state index contributed by atoms with van der Waals surface area (Å²) < 4.78 is 15.8. The van der Waals surface area contributed by atoms with Crippen molar-refractivity contribution >= 4 is 17.8 Å². The molecule has 0 atom stereocenters. The minimum absolute atomic E-state index is 0.144. The van der Waals surface area contributed by atoms with E-state index in [2.05, 4.69) is 0 Å². The van der Waals surface area contributed by atoms with Crippen LogP contribution in [0.1, 0.15) is 27.0 Å². The van der Waals surface area contributed by atoms with Crippen LogP contribution in [0.4, 0.5) is 0 Å². The average molecular weight is 338 g/mol. The Balaban J connectivity index is 1.92. The topological polar surface area (TPSA) is 61.8 Å². The van der Waals surface area contributed by atoms with Crippen molar-refractivity contribution in [3.8, 4) is 11.5 Å². The lowest BCUT2D eigenvalue weighted by molar-refractivity contribution is -0.138. The molecule has 25 heavy (non-hydrogen) atoms. The van der Waals surface area contributed by atoms with E-state index in [0.717, 1.165) is 11.1 Å². The Kier molecular flexibility index (Phi) is 4.67. The molecule has 0 unspecified atom stereocenters. The molecule has 0 fully saturated rings. The largest absolute Gasteiger partial charge is 0.452 e. The fraction of sp³-hybridized carbons (Fsp3) is 0.200. The third kappa shape index (κ3) is 3.32. The van der Waals surface area contributed by atoms with Gasteiger partial charge in [-0.1, -0.05) is 24.3 Å². The highest BCUT2D eigenvalue weighted by Gasteiger charge is 2.30. The summed E-state index contributed by atoms with van der Waals surface area (Å²) in [5, 5.41) is 0. The van der Waals surface area contributed by atoms with Crippen molar-refractivity contribution in [2.45, 2.75) is 13.8 Å². The van der Waals surface area contributed by atoms with E-state index < -0.39 is 5.97 Å². The quantitative estimate of drug-likeness (QED) is 0.485. The van der Waals surface area contributed by atoms with Gasteiger partial charge in [0.2, 0.25) is 5.78 Å². The maximum absolute atomic E-state index is 12.6. The molecule has 0 aromatic heterocycles. The Bertz CT molecular complexity index is 880. The number of ether oxygens (including phenoxy) is 3. The maximum atomic E-state index is 12.6. The van der Waals surface area contributed by atoms with Crippen LogP contribution < -0.4 is 9.47 Å². The van der Waals surface area contributed by atoms with Crippen LogP contribution in [-0.2, 0) is 9.53 Å². The zero-order valence-electron chi connectivity index (χ0n) is 14.3. The van der Waals surface area contributed by atoms with Gasteiger partial charge < -0.3 is 14.2 Å². The minimum Gasteiger partial charge on any atom is -0.452 e. The second-order valence-corrected chi connectivity index (χ2v) is 5.77. The molecule has 0 bridgehead atoms. The van der Waals surface area contributed by atoms with Crippen molar-refractivity contribution in [3.63, 3.8) is 0 Å². The van der Waals surface area contributed by atoms with Crippen molar-refractivity contribution in [2.75, 3.05) is 13.7 Å². The molecule has 0 N–H and O–H groups in total. The molecule has 3 rings (SSSR count). The van der Waals surface area contributed by atoms with E-state index in [1.165, 1.54) is 7.11 Å². The number of aryl methyl sites for hydroxylation is 1. The van der Waals surface area contributed by atoms with Crippen molar-refractivity contribution < 1.29 is 23.8 Å². The van der Waals surface area contributed by atoms with Gasteiger partial charge in [-0.3, -0.25) is 4.79 Å². The van der Waals surface area contributed by atoms with Gasteiger partial charge in [-0.2, -0.15) is 0 Å². The Morgan fingerprint density at radius 1 is 1.16 bits per heavy atom. The number of Topliss-reactive ketones (excluding diaryl/α,β-unsaturated/α-hetero) is 1. The molecule has 1 heterocycles. The number of carbonyl (C=O) groups excluding carboxylic acids is 2. The molecule has 0 radical (unpaired) electrons. The second kappa shape index (κ2) is 6.91. The van der Waals surface area contributed by atoms with E-state index in [1.807, 2.05) is 31.2 Å². The molecule has 128 valence electrons. The molecule has 1 aliphatic rings. The fourth-order valence-electron chi connectivity index (χ4n) is 2.64. The van der Waals surface area contributed by atoms with Gasteiger partial charge in [0.15, 0.2) is 5.76 Å². The summed E-state index contributed by atoms with van der Waals surface area (Å²) >= 11 is 0. The zero-order valence-corrected chi connectivity index (χ0v) is 14.3. The predicted molar refractivity (Wildman–Crippen MR) is 92.8 cm³/mol. The van der Waals surface area contributed by atoms with E-state index in [1.54, 1.807) is 25.1 Å². The molecule has 0 aliphatic carbocycles. The molecular formula is C20H18O5. The number of methoxy groups -OCH3 is 1. The number of ketones is 1. The van der Waals surface area contributed by atoms with Crippen molar-refractivity contribution in [1.82, 2.24) is 0 Å². The van der Waals surface area contributed by atoms with E-state index in [0.29, 0.717) is 22.6 Å². The highest BCUT2D eigenvalue weighted by atomic mass is 16.6. The van der Waals surface area contributed by atoms with Crippen LogP contribution in [0.3, 0.4) is 0 Å². The van der Waals surface area contributed by atoms with Gasteiger partial charge in [0.05, 0.1) is 5.56 Å². The monoisotopic (exact) mass is 338 g/mol. The summed E-state index contributed by atoms with van der Waals surface area (Å²) in [6.07, 6.45) is 1.73. The first-order valence-electron chi connectivity index (χ1n) is 7.84. The summed E-state index contributed by atoms with van der Waals surface area (Å²) in [6.45, 7) is 3.57. The van der Waals surface area contributed by atoms with Crippen LogP contribution in [0.25, 0.3) is 6.08 Å². The minimum atomic E-state index is -0.509. The Labute approximate surface area is 145 Å². The van der Waals surface area contributed by atoms with Gasteiger partial charge >= 0.3 is 5.97 Å². The molecule has 0 spiro atoms. The molecule has 0 amide bonds. The van der Waals surface area contributed by atoms with Crippen molar-refractivity contribution in [3.05, 3.63) is 64.4 Å². The van der Waals surface area contributed by atoms with Crippen LogP contribution in [0.2, 0.25) is 0 Å². The van der Waals surface area contributed by atoms with E-state index in [4.69, 9.17) is 14.2 Å². The van der Waals surface area contributed by atoms with Crippen LogP contribution in [-0.4, -0.2) is 25.5 Å². The summed E-state index contributed by atoms with van der Waals surface area (Å²) in [5.41, 5.74) is 3.03. The van der Waals surface area contributed by atoms with E-state index >= 15 is 0 Å². The lowest BCUT2D eigenvalue weighted by Crippen LogP contribution is -2.14. The standard InChI is InChI=1S/C20H18O5/c1-12-6-4-5-7-14(12)10-17-19(22)15-8-9-16(13(2)20(15)25-17)24-18(21)11-23-3/h4-10H,11H2,1-3H3/b17-10-. The number of fused-ring (bicyclic) bond motifs is 1. The van der Waals surface area contributed by atoms with Crippen LogP contribution in [0, 0.1) is 13.8 Å². The third-order valence-corrected chi connectivity index (χ3v) is 4.00. The number of allylic oxidation sites excluding steroid dienone is 1. The molecule has 2 aromatic rings.